The van der Waals surface area contributed by atoms with Gasteiger partial charge in [-0.25, -0.2) is 4.98 Å². The summed E-state index contributed by atoms with van der Waals surface area (Å²) in [6.45, 7) is 5.59. The van der Waals surface area contributed by atoms with E-state index in [0.717, 1.165) is 16.7 Å². The van der Waals surface area contributed by atoms with Crippen molar-refractivity contribution in [3.63, 3.8) is 0 Å². The maximum atomic E-state index is 13.2. The number of nitrogens with zero attached hydrogens (tertiary/aromatic N) is 4. The van der Waals surface area contributed by atoms with Gasteiger partial charge < -0.3 is 20.7 Å². The summed E-state index contributed by atoms with van der Waals surface area (Å²) in [5.74, 6) is 0.297. The highest BCUT2D eigenvalue weighted by molar-refractivity contribution is 6.29. The molecule has 0 saturated carbocycles. The van der Waals surface area contributed by atoms with Crippen molar-refractivity contribution < 1.29 is 9.62 Å². The molecular weight excluding hydrogens is 444 g/mol. The lowest BCUT2D eigenvalue weighted by molar-refractivity contribution is 0.318. The molecule has 4 rings (SSSR count). The molecule has 0 aliphatic heterocycles. The van der Waals surface area contributed by atoms with Gasteiger partial charge in [0.25, 0.3) is 0 Å². The van der Waals surface area contributed by atoms with Gasteiger partial charge in [-0.15, -0.1) is 0 Å². The standard InChI is InChI=1S/C23H23ClN6O3/c1-11-7-15(13(3)27-17-5-6-18(24)28-19(17)23(25)29-32)22-16(8-11)20(31)12(2)21(33-22)14-9-26-30(4)10-14/h5-10,13,27,32H,1-4H3,(H2,25,29). The summed E-state index contributed by atoms with van der Waals surface area (Å²) in [5.41, 5.74) is 9.81. The lowest BCUT2D eigenvalue weighted by Gasteiger charge is -2.20. The van der Waals surface area contributed by atoms with Crippen LogP contribution in [0.1, 0.15) is 35.3 Å². The maximum Gasteiger partial charge on any atom is 0.196 e. The molecular formula is C23H23ClN6O3. The summed E-state index contributed by atoms with van der Waals surface area (Å²) in [6.07, 6.45) is 3.46. The SMILES string of the molecule is Cc1cc(C(C)Nc2ccc(Cl)nc2C(N)=NO)c2oc(-c3cnn(C)c3)c(C)c(=O)c2c1. The van der Waals surface area contributed by atoms with Crippen LogP contribution >= 0.6 is 11.6 Å². The Morgan fingerprint density at radius 2 is 2.09 bits per heavy atom. The Hall–Kier alpha value is -3.85. The molecule has 1 aromatic carbocycles. The van der Waals surface area contributed by atoms with Crippen molar-refractivity contribution in [1.82, 2.24) is 14.8 Å². The van der Waals surface area contributed by atoms with Crippen molar-refractivity contribution >= 4 is 34.1 Å². The Morgan fingerprint density at radius 1 is 1.33 bits per heavy atom. The van der Waals surface area contributed by atoms with E-state index in [9.17, 15) is 4.79 Å². The molecule has 0 fully saturated rings. The number of amidine groups is 1. The molecule has 0 bridgehead atoms. The number of nitrogens with one attached hydrogen (secondary N) is 1. The van der Waals surface area contributed by atoms with Crippen LogP contribution in [-0.4, -0.2) is 25.8 Å². The van der Waals surface area contributed by atoms with Crippen molar-refractivity contribution in [3.8, 4) is 11.3 Å². The van der Waals surface area contributed by atoms with Crippen LogP contribution < -0.4 is 16.5 Å². The number of pyridine rings is 1. The Morgan fingerprint density at radius 3 is 2.76 bits per heavy atom. The van der Waals surface area contributed by atoms with E-state index in [1.807, 2.05) is 26.0 Å². The molecule has 1 unspecified atom stereocenters. The first-order chi connectivity index (χ1) is 15.7. The molecule has 3 heterocycles. The van der Waals surface area contributed by atoms with Gasteiger partial charge in [0.15, 0.2) is 11.3 Å². The summed E-state index contributed by atoms with van der Waals surface area (Å²) >= 11 is 5.99. The molecule has 0 aliphatic rings. The van der Waals surface area contributed by atoms with Crippen LogP contribution in [0.5, 0.6) is 0 Å². The number of benzene rings is 1. The smallest absolute Gasteiger partial charge is 0.196 e. The summed E-state index contributed by atoms with van der Waals surface area (Å²) in [6, 6.07) is 6.75. The Bertz CT molecular complexity index is 1460. The van der Waals surface area contributed by atoms with E-state index in [0.29, 0.717) is 28.0 Å². The summed E-state index contributed by atoms with van der Waals surface area (Å²) in [4.78, 5) is 17.4. The van der Waals surface area contributed by atoms with E-state index in [1.54, 1.807) is 43.2 Å². The predicted octanol–water partition coefficient (Wildman–Crippen LogP) is 4.13. The topological polar surface area (TPSA) is 132 Å². The van der Waals surface area contributed by atoms with Crippen molar-refractivity contribution in [1.29, 1.82) is 0 Å². The van der Waals surface area contributed by atoms with Crippen LogP contribution in [0.3, 0.4) is 0 Å². The monoisotopic (exact) mass is 466 g/mol. The molecule has 0 spiro atoms. The molecule has 0 amide bonds. The number of hydrogen-bond acceptors (Lipinski definition) is 7. The highest BCUT2D eigenvalue weighted by Gasteiger charge is 2.21. The molecule has 10 heteroatoms. The maximum absolute atomic E-state index is 13.2. The van der Waals surface area contributed by atoms with E-state index in [1.165, 1.54) is 0 Å². The average Bonchev–Trinajstić information content (AvgIpc) is 3.22. The normalized spacial score (nSPS) is 12.8. The van der Waals surface area contributed by atoms with E-state index >= 15 is 0 Å². The van der Waals surface area contributed by atoms with E-state index in [2.05, 4.69) is 20.6 Å². The molecule has 0 aliphatic carbocycles. The second-order valence-corrected chi connectivity index (χ2v) is 8.29. The van der Waals surface area contributed by atoms with E-state index in [-0.39, 0.29) is 28.2 Å². The molecule has 33 heavy (non-hydrogen) atoms. The van der Waals surface area contributed by atoms with Crippen LogP contribution in [0.15, 0.2) is 51.0 Å². The molecule has 0 saturated heterocycles. The van der Waals surface area contributed by atoms with Crippen LogP contribution in [0, 0.1) is 13.8 Å². The fourth-order valence-electron chi connectivity index (χ4n) is 3.81. The average molecular weight is 467 g/mol. The zero-order chi connectivity index (χ0) is 23.9. The second-order valence-electron chi connectivity index (χ2n) is 7.90. The molecule has 4 N–H and O–H groups in total. The minimum absolute atomic E-state index is 0.0993. The van der Waals surface area contributed by atoms with Crippen molar-refractivity contribution in [2.45, 2.75) is 26.8 Å². The third-order valence-corrected chi connectivity index (χ3v) is 5.62. The number of halogens is 1. The predicted molar refractivity (Wildman–Crippen MR) is 128 cm³/mol. The number of aryl methyl sites for hydroxylation is 2. The minimum atomic E-state index is -0.326. The number of rotatable bonds is 5. The van der Waals surface area contributed by atoms with Crippen LogP contribution in [-0.2, 0) is 7.05 Å². The molecule has 9 nitrogen and oxygen atoms in total. The first kappa shape index (κ1) is 22.3. The van der Waals surface area contributed by atoms with Gasteiger partial charge in [-0.3, -0.25) is 9.48 Å². The van der Waals surface area contributed by atoms with Gasteiger partial charge in [-0.1, -0.05) is 22.8 Å². The molecule has 0 radical (unpaired) electrons. The van der Waals surface area contributed by atoms with Gasteiger partial charge in [-0.05, 0) is 44.5 Å². The molecule has 4 aromatic rings. The minimum Gasteiger partial charge on any atom is -0.455 e. The summed E-state index contributed by atoms with van der Waals surface area (Å²) in [5, 5.41) is 20.4. The van der Waals surface area contributed by atoms with E-state index < -0.39 is 0 Å². The van der Waals surface area contributed by atoms with Gasteiger partial charge in [0.2, 0.25) is 0 Å². The van der Waals surface area contributed by atoms with E-state index in [4.69, 9.17) is 27.0 Å². The van der Waals surface area contributed by atoms with Crippen LogP contribution in [0.25, 0.3) is 22.3 Å². The second kappa shape index (κ2) is 8.59. The van der Waals surface area contributed by atoms with Crippen molar-refractivity contribution in [3.05, 3.63) is 74.4 Å². The first-order valence-corrected chi connectivity index (χ1v) is 10.5. The Labute approximate surface area is 194 Å². The lowest BCUT2D eigenvalue weighted by atomic mass is 9.99. The highest BCUT2D eigenvalue weighted by atomic mass is 35.5. The van der Waals surface area contributed by atoms with Gasteiger partial charge in [-0.2, -0.15) is 5.10 Å². The highest BCUT2D eigenvalue weighted by Crippen LogP contribution is 2.32. The van der Waals surface area contributed by atoms with Gasteiger partial charge >= 0.3 is 0 Å². The fraction of sp³-hybridized carbons (Fsp3) is 0.217. The summed E-state index contributed by atoms with van der Waals surface area (Å²) in [7, 11) is 1.80. The first-order valence-electron chi connectivity index (χ1n) is 10.2. The molecule has 3 aromatic heterocycles. The summed E-state index contributed by atoms with van der Waals surface area (Å²) < 4.78 is 7.97. The number of hydrogen-bond donors (Lipinski definition) is 3. The lowest BCUT2D eigenvalue weighted by Crippen LogP contribution is -2.19. The Balaban J connectivity index is 1.88. The third kappa shape index (κ3) is 4.14. The molecule has 170 valence electrons. The number of nitrogens with two attached hydrogens (primary N) is 1. The van der Waals surface area contributed by atoms with Gasteiger partial charge in [0, 0.05) is 24.4 Å². The number of fused-ring (bicyclic) bond motifs is 1. The number of aromatic nitrogens is 3. The quantitative estimate of drug-likeness (QED) is 0.132. The zero-order valence-corrected chi connectivity index (χ0v) is 19.3. The fourth-order valence-corrected chi connectivity index (χ4v) is 3.96. The third-order valence-electron chi connectivity index (χ3n) is 5.41. The van der Waals surface area contributed by atoms with Crippen molar-refractivity contribution in [2.75, 3.05) is 5.32 Å². The van der Waals surface area contributed by atoms with Crippen LogP contribution in [0.4, 0.5) is 5.69 Å². The largest absolute Gasteiger partial charge is 0.455 e. The zero-order valence-electron chi connectivity index (χ0n) is 18.5. The van der Waals surface area contributed by atoms with Crippen molar-refractivity contribution in [2.24, 2.45) is 17.9 Å². The Kier molecular flexibility index (Phi) is 5.82. The van der Waals surface area contributed by atoms with Gasteiger partial charge in [0.05, 0.1) is 28.9 Å². The number of anilines is 1. The molecule has 1 atom stereocenters. The van der Waals surface area contributed by atoms with Crippen LogP contribution in [0.2, 0.25) is 5.15 Å². The van der Waals surface area contributed by atoms with Gasteiger partial charge in [0.1, 0.15) is 22.2 Å². The number of oxime groups is 1.